The Bertz CT molecular complexity index is 635. The Hall–Kier alpha value is -1.40. The number of benzene rings is 1. The lowest BCUT2D eigenvalue weighted by molar-refractivity contribution is -0.132. The van der Waals surface area contributed by atoms with Crippen LogP contribution < -0.4 is 4.72 Å². The lowest BCUT2D eigenvalue weighted by atomic mass is 10.0. The van der Waals surface area contributed by atoms with E-state index in [-0.39, 0.29) is 17.7 Å². The minimum absolute atomic E-state index is 0.0410. The molecule has 0 atom stereocenters. The second kappa shape index (κ2) is 7.93. The number of rotatable bonds is 6. The van der Waals surface area contributed by atoms with Gasteiger partial charge in [-0.2, -0.15) is 0 Å². The molecule has 1 aromatic carbocycles. The van der Waals surface area contributed by atoms with Crippen LogP contribution in [0.4, 0.5) is 0 Å². The molecule has 1 fully saturated rings. The number of sulfonamides is 1. The molecule has 1 amide bonds. The van der Waals surface area contributed by atoms with Crippen molar-refractivity contribution in [2.24, 2.45) is 0 Å². The zero-order chi connectivity index (χ0) is 16.9. The minimum atomic E-state index is -3.16. The van der Waals surface area contributed by atoms with Gasteiger partial charge in [0.05, 0.1) is 5.75 Å². The summed E-state index contributed by atoms with van der Waals surface area (Å²) in [6.45, 7) is 4.94. The molecule has 0 bridgehead atoms. The van der Waals surface area contributed by atoms with Gasteiger partial charge in [0.25, 0.3) is 0 Å². The molecule has 0 unspecified atom stereocenters. The van der Waals surface area contributed by atoms with Crippen LogP contribution in [0, 0.1) is 6.92 Å². The van der Waals surface area contributed by atoms with E-state index < -0.39 is 10.0 Å². The van der Waals surface area contributed by atoms with E-state index in [1.165, 1.54) is 11.1 Å². The number of nitrogens with zero attached hydrogens (tertiary/aromatic N) is 1. The smallest absolute Gasteiger partial charge is 0.222 e. The molecule has 0 aliphatic carbocycles. The van der Waals surface area contributed by atoms with Crippen LogP contribution in [-0.2, 0) is 21.2 Å². The van der Waals surface area contributed by atoms with Crippen LogP contribution in [0.2, 0.25) is 0 Å². The first kappa shape index (κ1) is 17.9. The van der Waals surface area contributed by atoms with E-state index >= 15 is 0 Å². The van der Waals surface area contributed by atoms with Gasteiger partial charge < -0.3 is 4.90 Å². The molecule has 1 aliphatic heterocycles. The van der Waals surface area contributed by atoms with Gasteiger partial charge in [-0.3, -0.25) is 4.79 Å². The molecule has 0 radical (unpaired) electrons. The van der Waals surface area contributed by atoms with Crippen LogP contribution in [-0.4, -0.2) is 44.1 Å². The van der Waals surface area contributed by atoms with Gasteiger partial charge in [-0.25, -0.2) is 13.1 Å². The second-order valence-corrected chi connectivity index (χ2v) is 8.21. The third-order valence-electron chi connectivity index (χ3n) is 4.28. The van der Waals surface area contributed by atoms with E-state index in [4.69, 9.17) is 0 Å². The highest BCUT2D eigenvalue weighted by Gasteiger charge is 2.24. The molecule has 1 saturated heterocycles. The molecule has 23 heavy (non-hydrogen) atoms. The lowest BCUT2D eigenvalue weighted by Gasteiger charge is -2.32. The Kier molecular flexibility index (Phi) is 6.18. The number of nitrogens with one attached hydrogen (secondary N) is 1. The quantitative estimate of drug-likeness (QED) is 0.861. The van der Waals surface area contributed by atoms with Crippen molar-refractivity contribution < 1.29 is 13.2 Å². The van der Waals surface area contributed by atoms with Crippen LogP contribution in [0.3, 0.4) is 0 Å². The van der Waals surface area contributed by atoms with E-state index in [0.717, 1.165) is 6.42 Å². The minimum Gasteiger partial charge on any atom is -0.343 e. The molecule has 5 nitrogen and oxygen atoms in total. The molecule has 0 aromatic heterocycles. The van der Waals surface area contributed by atoms with Crippen LogP contribution >= 0.6 is 0 Å². The van der Waals surface area contributed by atoms with Crippen molar-refractivity contribution in [3.05, 3.63) is 35.4 Å². The molecule has 0 spiro atoms. The molecule has 128 valence electrons. The van der Waals surface area contributed by atoms with E-state index in [1.807, 2.05) is 30.0 Å². The molecule has 2 rings (SSSR count). The van der Waals surface area contributed by atoms with Crippen LogP contribution in [0.15, 0.2) is 24.3 Å². The van der Waals surface area contributed by atoms with Crippen molar-refractivity contribution in [3.8, 4) is 0 Å². The zero-order valence-corrected chi connectivity index (χ0v) is 14.7. The Balaban J connectivity index is 1.77. The number of hydrogen-bond acceptors (Lipinski definition) is 3. The number of amides is 1. The van der Waals surface area contributed by atoms with Crippen LogP contribution in [0.25, 0.3) is 0 Å². The first-order valence-corrected chi connectivity index (χ1v) is 9.88. The van der Waals surface area contributed by atoms with Gasteiger partial charge in [-0.15, -0.1) is 0 Å². The Labute approximate surface area is 139 Å². The van der Waals surface area contributed by atoms with Crippen molar-refractivity contribution in [3.63, 3.8) is 0 Å². The molecule has 1 aromatic rings. The first-order valence-electron chi connectivity index (χ1n) is 8.23. The fourth-order valence-electron chi connectivity index (χ4n) is 2.86. The summed E-state index contributed by atoms with van der Waals surface area (Å²) in [6.07, 6.45) is 2.64. The van der Waals surface area contributed by atoms with Gasteiger partial charge in [0, 0.05) is 25.6 Å². The van der Waals surface area contributed by atoms with Crippen LogP contribution in [0.5, 0.6) is 0 Å². The maximum atomic E-state index is 12.3. The Morgan fingerprint density at radius 3 is 2.61 bits per heavy atom. The Morgan fingerprint density at radius 2 is 2.00 bits per heavy atom. The van der Waals surface area contributed by atoms with Gasteiger partial charge in [0.15, 0.2) is 0 Å². The Morgan fingerprint density at radius 1 is 1.30 bits per heavy atom. The summed E-state index contributed by atoms with van der Waals surface area (Å²) in [5.74, 6) is 0.256. The molecular formula is C17H26N2O3S. The standard InChI is InChI=1S/C17H26N2O3S/c1-3-23(21,22)18-16-9-11-19(12-10-16)17(20)8-7-15-6-4-5-14(2)13-15/h4-6,13,16,18H,3,7-12H2,1-2H3. The largest absolute Gasteiger partial charge is 0.343 e. The fourth-order valence-corrected chi connectivity index (χ4v) is 3.77. The summed E-state index contributed by atoms with van der Waals surface area (Å²) in [5, 5.41) is 0. The van der Waals surface area contributed by atoms with Crippen molar-refractivity contribution in [1.29, 1.82) is 0 Å². The second-order valence-electron chi connectivity index (χ2n) is 6.17. The summed E-state index contributed by atoms with van der Waals surface area (Å²) in [4.78, 5) is 14.1. The van der Waals surface area contributed by atoms with E-state index in [2.05, 4.69) is 10.8 Å². The van der Waals surface area contributed by atoms with Crippen molar-refractivity contribution in [2.45, 2.75) is 45.6 Å². The highest BCUT2D eigenvalue weighted by molar-refractivity contribution is 7.89. The third-order valence-corrected chi connectivity index (χ3v) is 5.74. The molecule has 1 heterocycles. The number of piperidine rings is 1. The van der Waals surface area contributed by atoms with Crippen molar-refractivity contribution in [2.75, 3.05) is 18.8 Å². The first-order chi connectivity index (χ1) is 10.9. The molecule has 6 heteroatoms. The van der Waals surface area contributed by atoms with Crippen LogP contribution in [0.1, 0.15) is 37.3 Å². The number of likely N-dealkylation sites (tertiary alicyclic amines) is 1. The molecular weight excluding hydrogens is 312 g/mol. The lowest BCUT2D eigenvalue weighted by Crippen LogP contribution is -2.46. The number of hydrogen-bond donors (Lipinski definition) is 1. The average molecular weight is 338 g/mol. The molecule has 1 aliphatic rings. The predicted octanol–water partition coefficient (Wildman–Crippen LogP) is 1.86. The van der Waals surface area contributed by atoms with Gasteiger partial charge in [0.2, 0.25) is 15.9 Å². The average Bonchev–Trinajstić information content (AvgIpc) is 2.53. The molecule has 0 saturated carbocycles. The predicted molar refractivity (Wildman–Crippen MR) is 91.7 cm³/mol. The SMILES string of the molecule is CCS(=O)(=O)NC1CCN(C(=O)CCc2cccc(C)c2)CC1. The highest BCUT2D eigenvalue weighted by atomic mass is 32.2. The monoisotopic (exact) mass is 338 g/mol. The fraction of sp³-hybridized carbons (Fsp3) is 0.588. The van der Waals surface area contributed by atoms with Crippen molar-refractivity contribution >= 4 is 15.9 Å². The van der Waals surface area contributed by atoms with Gasteiger partial charge in [0.1, 0.15) is 0 Å². The van der Waals surface area contributed by atoms with Crippen molar-refractivity contribution in [1.82, 2.24) is 9.62 Å². The van der Waals surface area contributed by atoms with E-state index in [1.54, 1.807) is 6.92 Å². The van der Waals surface area contributed by atoms with Gasteiger partial charge in [-0.1, -0.05) is 29.8 Å². The zero-order valence-electron chi connectivity index (χ0n) is 13.9. The summed E-state index contributed by atoms with van der Waals surface area (Å²) >= 11 is 0. The molecule has 1 N–H and O–H groups in total. The van der Waals surface area contributed by atoms with Gasteiger partial charge in [-0.05, 0) is 38.7 Å². The van der Waals surface area contributed by atoms with E-state index in [0.29, 0.717) is 32.4 Å². The van der Waals surface area contributed by atoms with E-state index in [9.17, 15) is 13.2 Å². The normalized spacial score (nSPS) is 16.5. The topological polar surface area (TPSA) is 66.5 Å². The summed E-state index contributed by atoms with van der Waals surface area (Å²) in [7, 11) is -3.16. The summed E-state index contributed by atoms with van der Waals surface area (Å²) < 4.78 is 25.9. The summed E-state index contributed by atoms with van der Waals surface area (Å²) in [5.41, 5.74) is 2.39. The highest BCUT2D eigenvalue weighted by Crippen LogP contribution is 2.14. The number of aryl methyl sites for hydroxylation is 2. The maximum absolute atomic E-state index is 12.3. The maximum Gasteiger partial charge on any atom is 0.222 e. The summed E-state index contributed by atoms with van der Waals surface area (Å²) in [6, 6.07) is 8.18. The third kappa shape index (κ3) is 5.62. The number of carbonyl (C=O) groups excluding carboxylic acids is 1. The number of carbonyl (C=O) groups is 1. The van der Waals surface area contributed by atoms with Gasteiger partial charge >= 0.3 is 0 Å².